The maximum absolute atomic E-state index is 12.5. The number of nitrogens with one attached hydrogen (secondary N) is 1. The minimum absolute atomic E-state index is 0.0854. The third-order valence-electron chi connectivity index (χ3n) is 4.91. The summed E-state index contributed by atoms with van der Waals surface area (Å²) in [5.41, 5.74) is -0.247. The van der Waals surface area contributed by atoms with E-state index >= 15 is 0 Å². The molecule has 2 rings (SSSR count). The Morgan fingerprint density at radius 1 is 1.25 bits per heavy atom. The maximum atomic E-state index is 12.5. The van der Waals surface area contributed by atoms with Crippen LogP contribution in [0.3, 0.4) is 0 Å². The summed E-state index contributed by atoms with van der Waals surface area (Å²) in [4.78, 5) is 23.8. The molecule has 0 bridgehead atoms. The van der Waals surface area contributed by atoms with Crippen LogP contribution in [0.15, 0.2) is 0 Å². The molecule has 2 N–H and O–H groups in total. The van der Waals surface area contributed by atoms with Crippen molar-refractivity contribution in [3.63, 3.8) is 0 Å². The van der Waals surface area contributed by atoms with Crippen molar-refractivity contribution in [3.05, 3.63) is 0 Å². The molecule has 1 saturated carbocycles. The number of ether oxygens (including phenoxy) is 1. The molecule has 2 aliphatic rings. The highest BCUT2D eigenvalue weighted by molar-refractivity contribution is 5.85. The maximum Gasteiger partial charge on any atom is 0.307 e. The van der Waals surface area contributed by atoms with Crippen LogP contribution in [0.25, 0.3) is 0 Å². The highest BCUT2D eigenvalue weighted by Gasteiger charge is 2.43. The largest absolute Gasteiger partial charge is 0.481 e. The molecular formula is C15H25NO4. The lowest BCUT2D eigenvalue weighted by molar-refractivity contribution is -0.146. The van der Waals surface area contributed by atoms with Gasteiger partial charge in [-0.2, -0.15) is 0 Å². The fourth-order valence-electron chi connectivity index (χ4n) is 3.38. The van der Waals surface area contributed by atoms with Crippen LogP contribution in [0.1, 0.15) is 46.0 Å². The molecule has 5 nitrogen and oxygen atoms in total. The Kier molecular flexibility index (Phi) is 4.68. The fraction of sp³-hybridized carbons (Fsp3) is 0.867. The van der Waals surface area contributed by atoms with Crippen LogP contribution in [-0.2, 0) is 14.3 Å². The second-order valence-corrected chi connectivity index (χ2v) is 6.46. The van der Waals surface area contributed by atoms with Crippen LogP contribution in [0.2, 0.25) is 0 Å². The van der Waals surface area contributed by atoms with Crippen LogP contribution in [0.5, 0.6) is 0 Å². The lowest BCUT2D eigenvalue weighted by atomic mass is 9.89. The van der Waals surface area contributed by atoms with Crippen molar-refractivity contribution in [2.24, 2.45) is 17.8 Å². The molecule has 1 heterocycles. The molecule has 0 aromatic carbocycles. The third-order valence-corrected chi connectivity index (χ3v) is 4.91. The summed E-state index contributed by atoms with van der Waals surface area (Å²) in [7, 11) is 0. The number of carboxylic acids is 1. The van der Waals surface area contributed by atoms with E-state index in [1.54, 1.807) is 0 Å². The first-order chi connectivity index (χ1) is 9.45. The number of hydrogen-bond donors (Lipinski definition) is 2. The molecule has 5 heteroatoms. The normalized spacial score (nSPS) is 32.8. The lowest BCUT2D eigenvalue weighted by Crippen LogP contribution is -2.52. The number of carbonyl (C=O) groups is 2. The van der Waals surface area contributed by atoms with Crippen LogP contribution in [-0.4, -0.2) is 35.7 Å². The summed E-state index contributed by atoms with van der Waals surface area (Å²) in [5.74, 6) is -1.47. The third kappa shape index (κ3) is 3.32. The predicted molar refractivity (Wildman–Crippen MR) is 74.2 cm³/mol. The molecule has 2 fully saturated rings. The van der Waals surface area contributed by atoms with Crippen LogP contribution < -0.4 is 5.32 Å². The number of aliphatic carboxylic acids is 1. The quantitative estimate of drug-likeness (QED) is 0.825. The zero-order valence-corrected chi connectivity index (χ0v) is 12.4. The van der Waals surface area contributed by atoms with Crippen molar-refractivity contribution in [2.75, 3.05) is 13.2 Å². The second kappa shape index (κ2) is 6.12. The molecule has 0 spiro atoms. The summed E-state index contributed by atoms with van der Waals surface area (Å²) in [6, 6.07) is 0. The molecule has 0 radical (unpaired) electrons. The van der Waals surface area contributed by atoms with Gasteiger partial charge < -0.3 is 15.2 Å². The van der Waals surface area contributed by atoms with Gasteiger partial charge in [-0.05, 0) is 38.5 Å². The van der Waals surface area contributed by atoms with Crippen LogP contribution >= 0.6 is 0 Å². The average Bonchev–Trinajstić information content (AvgIpc) is 2.83. The molecule has 114 valence electrons. The zero-order chi connectivity index (χ0) is 14.8. The van der Waals surface area contributed by atoms with Gasteiger partial charge in [-0.15, -0.1) is 0 Å². The van der Waals surface area contributed by atoms with E-state index < -0.39 is 11.9 Å². The molecular weight excluding hydrogens is 258 g/mol. The van der Waals surface area contributed by atoms with E-state index in [0.29, 0.717) is 32.0 Å². The Balaban J connectivity index is 2.01. The van der Waals surface area contributed by atoms with Gasteiger partial charge in [0.15, 0.2) is 0 Å². The molecule has 3 atom stereocenters. The van der Waals surface area contributed by atoms with E-state index in [1.807, 2.05) is 6.92 Å². The van der Waals surface area contributed by atoms with Gasteiger partial charge in [0, 0.05) is 18.8 Å². The summed E-state index contributed by atoms with van der Waals surface area (Å²) >= 11 is 0. The highest BCUT2D eigenvalue weighted by Crippen LogP contribution is 2.39. The predicted octanol–water partition coefficient (Wildman–Crippen LogP) is 1.81. The first-order valence-corrected chi connectivity index (χ1v) is 7.58. The van der Waals surface area contributed by atoms with E-state index in [4.69, 9.17) is 4.74 Å². The van der Waals surface area contributed by atoms with Crippen molar-refractivity contribution >= 4 is 11.9 Å². The van der Waals surface area contributed by atoms with Gasteiger partial charge in [-0.3, -0.25) is 9.59 Å². The number of carboxylic acid groups (broad SMARTS) is 1. The summed E-state index contributed by atoms with van der Waals surface area (Å²) in [6.45, 7) is 5.39. The molecule has 20 heavy (non-hydrogen) atoms. The summed E-state index contributed by atoms with van der Waals surface area (Å²) in [5, 5.41) is 12.4. The van der Waals surface area contributed by atoms with E-state index in [-0.39, 0.29) is 17.4 Å². The van der Waals surface area contributed by atoms with Gasteiger partial charge in [-0.25, -0.2) is 0 Å². The Morgan fingerprint density at radius 3 is 2.40 bits per heavy atom. The Bertz CT molecular complexity index is 376. The Hall–Kier alpha value is -1.10. The van der Waals surface area contributed by atoms with Gasteiger partial charge in [0.1, 0.15) is 0 Å². The SMILES string of the molecule is CCC1C[C@H](C(=O)NC2(C)CCOCC2)[C@H](C(=O)O)C1. The minimum atomic E-state index is -0.835. The standard InChI is InChI=1S/C15H25NO4/c1-3-10-8-11(12(9-10)14(18)19)13(17)16-15(2)4-6-20-7-5-15/h10-12H,3-9H2,1-2H3,(H,16,17)(H,18,19)/t10?,11-,12+/m0/s1. The molecule has 1 saturated heterocycles. The molecule has 1 unspecified atom stereocenters. The number of carbonyl (C=O) groups excluding carboxylic acids is 1. The van der Waals surface area contributed by atoms with Gasteiger partial charge >= 0.3 is 5.97 Å². The van der Waals surface area contributed by atoms with Crippen molar-refractivity contribution in [1.82, 2.24) is 5.32 Å². The van der Waals surface area contributed by atoms with E-state index in [1.165, 1.54) is 0 Å². The second-order valence-electron chi connectivity index (χ2n) is 6.46. The molecule has 1 aliphatic heterocycles. The van der Waals surface area contributed by atoms with E-state index in [9.17, 15) is 14.7 Å². The fourth-order valence-corrected chi connectivity index (χ4v) is 3.38. The zero-order valence-electron chi connectivity index (χ0n) is 12.4. The summed E-state index contributed by atoms with van der Waals surface area (Å²) in [6.07, 6.45) is 3.86. The van der Waals surface area contributed by atoms with E-state index in [0.717, 1.165) is 19.3 Å². The molecule has 1 amide bonds. The minimum Gasteiger partial charge on any atom is -0.481 e. The monoisotopic (exact) mass is 283 g/mol. The molecule has 0 aromatic heterocycles. The number of amides is 1. The number of rotatable bonds is 4. The van der Waals surface area contributed by atoms with E-state index in [2.05, 4.69) is 12.2 Å². The van der Waals surface area contributed by atoms with Crippen molar-refractivity contribution < 1.29 is 19.4 Å². The highest BCUT2D eigenvalue weighted by atomic mass is 16.5. The van der Waals surface area contributed by atoms with Gasteiger partial charge in [0.2, 0.25) is 5.91 Å². The first-order valence-electron chi connectivity index (χ1n) is 7.58. The van der Waals surface area contributed by atoms with Crippen molar-refractivity contribution in [1.29, 1.82) is 0 Å². The Labute approximate surface area is 120 Å². The summed E-state index contributed by atoms with van der Waals surface area (Å²) < 4.78 is 5.32. The van der Waals surface area contributed by atoms with Gasteiger partial charge in [0.05, 0.1) is 11.8 Å². The van der Waals surface area contributed by atoms with Crippen molar-refractivity contribution in [3.8, 4) is 0 Å². The average molecular weight is 283 g/mol. The smallest absolute Gasteiger partial charge is 0.307 e. The molecule has 1 aliphatic carbocycles. The first kappa shape index (κ1) is 15.3. The van der Waals surface area contributed by atoms with Crippen molar-refractivity contribution in [2.45, 2.75) is 51.5 Å². The Morgan fingerprint density at radius 2 is 1.85 bits per heavy atom. The van der Waals surface area contributed by atoms with Crippen LogP contribution in [0.4, 0.5) is 0 Å². The van der Waals surface area contributed by atoms with Gasteiger partial charge in [0.25, 0.3) is 0 Å². The number of hydrogen-bond acceptors (Lipinski definition) is 3. The topological polar surface area (TPSA) is 75.6 Å². The van der Waals surface area contributed by atoms with Crippen LogP contribution in [0, 0.1) is 17.8 Å². The lowest BCUT2D eigenvalue weighted by Gasteiger charge is -2.35. The molecule has 0 aromatic rings. The van der Waals surface area contributed by atoms with Gasteiger partial charge in [-0.1, -0.05) is 13.3 Å².